The molecule has 0 aliphatic rings. The van der Waals surface area contributed by atoms with Gasteiger partial charge in [0.2, 0.25) is 5.88 Å². The molecule has 0 saturated heterocycles. The summed E-state index contributed by atoms with van der Waals surface area (Å²) in [6.45, 7) is 5.44. The van der Waals surface area contributed by atoms with Gasteiger partial charge in [-0.15, -0.1) is 24.0 Å². The van der Waals surface area contributed by atoms with Gasteiger partial charge in [-0.05, 0) is 42.7 Å². The van der Waals surface area contributed by atoms with E-state index in [1.54, 1.807) is 26.2 Å². The summed E-state index contributed by atoms with van der Waals surface area (Å²) >= 11 is 0. The molecule has 0 spiro atoms. The van der Waals surface area contributed by atoms with Crippen molar-refractivity contribution in [3.63, 3.8) is 0 Å². The van der Waals surface area contributed by atoms with E-state index in [1.165, 1.54) is 6.07 Å². The van der Waals surface area contributed by atoms with Crippen LogP contribution in [0.25, 0.3) is 0 Å². The summed E-state index contributed by atoms with van der Waals surface area (Å²) in [4.78, 5) is 8.33. The van der Waals surface area contributed by atoms with Crippen LogP contribution in [-0.4, -0.2) is 24.6 Å². The van der Waals surface area contributed by atoms with Crippen molar-refractivity contribution in [2.75, 3.05) is 13.7 Å². The van der Waals surface area contributed by atoms with Crippen LogP contribution in [0.5, 0.6) is 5.88 Å². The Hall–Kier alpha value is -1.90. The lowest BCUT2D eigenvalue weighted by atomic mass is 10.1. The van der Waals surface area contributed by atoms with Crippen LogP contribution < -0.4 is 15.4 Å². The Morgan fingerprint density at radius 1 is 1.16 bits per heavy atom. The van der Waals surface area contributed by atoms with Crippen molar-refractivity contribution in [1.29, 1.82) is 0 Å². The van der Waals surface area contributed by atoms with Crippen LogP contribution in [0.1, 0.15) is 23.6 Å². The molecule has 0 atom stereocenters. The number of benzene rings is 1. The fourth-order valence-corrected chi connectivity index (χ4v) is 2.20. The Morgan fingerprint density at radius 2 is 1.84 bits per heavy atom. The molecule has 0 aliphatic heterocycles. The normalized spacial score (nSPS) is 10.8. The van der Waals surface area contributed by atoms with E-state index in [4.69, 9.17) is 4.74 Å². The molecule has 0 amide bonds. The second-order valence-corrected chi connectivity index (χ2v) is 5.30. The summed E-state index contributed by atoms with van der Waals surface area (Å²) in [6, 6.07) is 8.89. The van der Waals surface area contributed by atoms with Gasteiger partial charge in [0.05, 0.1) is 6.61 Å². The van der Waals surface area contributed by atoms with Gasteiger partial charge in [-0.1, -0.05) is 12.1 Å². The summed E-state index contributed by atoms with van der Waals surface area (Å²) in [5.74, 6) is 1.09. The van der Waals surface area contributed by atoms with Crippen molar-refractivity contribution in [1.82, 2.24) is 15.6 Å². The highest BCUT2D eigenvalue weighted by Gasteiger charge is 2.03. The molecular weight excluding hydrogens is 434 g/mol. The van der Waals surface area contributed by atoms with Gasteiger partial charge in [-0.2, -0.15) is 0 Å². The molecule has 1 aromatic carbocycles. The second-order valence-electron chi connectivity index (χ2n) is 5.30. The van der Waals surface area contributed by atoms with Gasteiger partial charge in [0.1, 0.15) is 5.82 Å². The first-order chi connectivity index (χ1) is 11.6. The number of nitrogens with zero attached hydrogens (tertiary/aromatic N) is 2. The predicted octanol–water partition coefficient (Wildman–Crippen LogP) is 3.41. The van der Waals surface area contributed by atoms with Gasteiger partial charge in [0.25, 0.3) is 0 Å². The van der Waals surface area contributed by atoms with Crippen LogP contribution >= 0.6 is 24.0 Å². The van der Waals surface area contributed by atoms with Gasteiger partial charge < -0.3 is 15.4 Å². The molecule has 0 radical (unpaired) electrons. The highest BCUT2D eigenvalue weighted by molar-refractivity contribution is 14.0. The van der Waals surface area contributed by atoms with Crippen LogP contribution in [0, 0.1) is 12.7 Å². The highest BCUT2D eigenvalue weighted by Crippen LogP contribution is 2.10. The highest BCUT2D eigenvalue weighted by atomic mass is 127. The molecule has 0 aliphatic carbocycles. The van der Waals surface area contributed by atoms with E-state index in [9.17, 15) is 4.39 Å². The summed E-state index contributed by atoms with van der Waals surface area (Å²) in [6.07, 6.45) is 1.72. The van der Waals surface area contributed by atoms with E-state index in [2.05, 4.69) is 20.6 Å². The molecule has 1 aromatic heterocycles. The average Bonchev–Trinajstić information content (AvgIpc) is 2.59. The third-order valence-corrected chi connectivity index (χ3v) is 3.46. The predicted molar refractivity (Wildman–Crippen MR) is 109 cm³/mol. The van der Waals surface area contributed by atoms with Crippen LogP contribution in [0.4, 0.5) is 4.39 Å². The standard InChI is InChI=1S/C18H23FN4O.HI/c1-4-24-17-10-15(7-8-21-17)12-23-18(20-3)22-11-14-5-6-16(19)13(2)9-14;/h5-10H,4,11-12H2,1-3H3,(H2,20,22,23);1H. The van der Waals surface area contributed by atoms with E-state index in [0.717, 1.165) is 11.1 Å². The lowest BCUT2D eigenvalue weighted by Gasteiger charge is -2.13. The molecule has 25 heavy (non-hydrogen) atoms. The molecule has 0 fully saturated rings. The van der Waals surface area contributed by atoms with Crippen molar-refractivity contribution in [3.05, 3.63) is 59.0 Å². The number of hydrogen-bond acceptors (Lipinski definition) is 3. The van der Waals surface area contributed by atoms with Crippen molar-refractivity contribution in [2.24, 2.45) is 4.99 Å². The maximum atomic E-state index is 13.3. The second kappa shape index (κ2) is 10.9. The smallest absolute Gasteiger partial charge is 0.213 e. The number of ether oxygens (including phenoxy) is 1. The molecule has 0 bridgehead atoms. The summed E-state index contributed by atoms with van der Waals surface area (Å²) in [7, 11) is 1.71. The van der Waals surface area contributed by atoms with Gasteiger partial charge in [-0.25, -0.2) is 9.37 Å². The molecule has 0 unspecified atom stereocenters. The summed E-state index contributed by atoms with van der Waals surface area (Å²) in [5, 5.41) is 6.44. The number of guanidine groups is 1. The van der Waals surface area contributed by atoms with Gasteiger partial charge in [0.15, 0.2) is 5.96 Å². The molecule has 2 N–H and O–H groups in total. The zero-order valence-electron chi connectivity index (χ0n) is 14.7. The number of aromatic nitrogens is 1. The fourth-order valence-electron chi connectivity index (χ4n) is 2.20. The monoisotopic (exact) mass is 458 g/mol. The molecule has 2 aromatic rings. The topological polar surface area (TPSA) is 58.5 Å². The van der Waals surface area contributed by atoms with Crippen LogP contribution in [0.3, 0.4) is 0 Å². The van der Waals surface area contributed by atoms with Crippen molar-refractivity contribution >= 4 is 29.9 Å². The maximum absolute atomic E-state index is 13.3. The lowest BCUT2D eigenvalue weighted by molar-refractivity contribution is 0.326. The van der Waals surface area contributed by atoms with E-state index < -0.39 is 0 Å². The minimum Gasteiger partial charge on any atom is -0.478 e. The SMILES string of the molecule is CCOc1cc(CNC(=NC)NCc2ccc(F)c(C)c2)ccn1.I. The lowest BCUT2D eigenvalue weighted by Crippen LogP contribution is -2.36. The van der Waals surface area contributed by atoms with Gasteiger partial charge in [-0.3, -0.25) is 4.99 Å². The first kappa shape index (κ1) is 21.1. The Balaban J connectivity index is 0.00000312. The first-order valence-electron chi connectivity index (χ1n) is 7.89. The minimum atomic E-state index is -0.191. The zero-order chi connectivity index (χ0) is 17.4. The third-order valence-electron chi connectivity index (χ3n) is 3.46. The summed E-state index contributed by atoms with van der Waals surface area (Å²) < 4.78 is 18.7. The number of rotatable bonds is 6. The number of pyridine rings is 1. The number of nitrogens with one attached hydrogen (secondary N) is 2. The summed E-state index contributed by atoms with van der Waals surface area (Å²) in [5.41, 5.74) is 2.69. The number of aliphatic imine (C=N–C) groups is 1. The Labute approximate surface area is 165 Å². The largest absolute Gasteiger partial charge is 0.478 e. The van der Waals surface area contributed by atoms with Crippen LogP contribution in [-0.2, 0) is 13.1 Å². The molecule has 136 valence electrons. The Morgan fingerprint density at radius 3 is 2.44 bits per heavy atom. The molecule has 2 rings (SSSR count). The average molecular weight is 458 g/mol. The number of hydrogen-bond donors (Lipinski definition) is 2. The molecule has 7 heteroatoms. The van der Waals surface area contributed by atoms with E-state index in [1.807, 2.05) is 25.1 Å². The van der Waals surface area contributed by atoms with Crippen molar-refractivity contribution in [2.45, 2.75) is 26.9 Å². The van der Waals surface area contributed by atoms with E-state index in [-0.39, 0.29) is 29.8 Å². The molecule has 1 heterocycles. The van der Waals surface area contributed by atoms with Crippen LogP contribution in [0.2, 0.25) is 0 Å². The third kappa shape index (κ3) is 6.85. The molecule has 5 nitrogen and oxygen atoms in total. The van der Waals surface area contributed by atoms with Crippen LogP contribution in [0.15, 0.2) is 41.5 Å². The van der Waals surface area contributed by atoms with Gasteiger partial charge >= 0.3 is 0 Å². The Kier molecular flexibility index (Phi) is 9.18. The number of halogens is 2. The quantitative estimate of drug-likeness (QED) is 0.396. The van der Waals surface area contributed by atoms with Crippen molar-refractivity contribution < 1.29 is 9.13 Å². The zero-order valence-corrected chi connectivity index (χ0v) is 17.0. The Bertz CT molecular complexity index is 709. The number of aryl methyl sites for hydroxylation is 1. The fraction of sp³-hybridized carbons (Fsp3) is 0.333. The van der Waals surface area contributed by atoms with Crippen molar-refractivity contribution in [3.8, 4) is 5.88 Å². The van der Waals surface area contributed by atoms with E-state index in [0.29, 0.717) is 37.1 Å². The maximum Gasteiger partial charge on any atom is 0.213 e. The molecular formula is C18H24FIN4O. The first-order valence-corrected chi connectivity index (χ1v) is 7.89. The van der Waals surface area contributed by atoms with E-state index >= 15 is 0 Å². The van der Waals surface area contributed by atoms with Gasteiger partial charge in [0, 0.05) is 32.4 Å². The minimum absolute atomic E-state index is 0. The molecule has 0 saturated carbocycles.